The van der Waals surface area contributed by atoms with E-state index in [9.17, 15) is 19.1 Å². The van der Waals surface area contributed by atoms with Crippen molar-refractivity contribution in [2.24, 2.45) is 0 Å². The predicted molar refractivity (Wildman–Crippen MR) is 45.1 cm³/mol. The molecule has 4 N–H and O–H groups in total. The molecule has 0 bridgehead atoms. The first-order valence-corrected chi connectivity index (χ1v) is 5.86. The predicted octanol–water partition coefficient (Wildman–Crippen LogP) is -10.2. The fourth-order valence-electron chi connectivity index (χ4n) is 0.936. The van der Waals surface area contributed by atoms with Crippen molar-refractivity contribution in [1.29, 1.82) is 0 Å². The first-order valence-electron chi connectivity index (χ1n) is 4.13. The number of hydrogen-bond acceptors (Lipinski definition) is 8. The van der Waals surface area contributed by atoms with Crippen LogP contribution >= 0.6 is 7.60 Å². The van der Waals surface area contributed by atoms with Crippen LogP contribution in [0.5, 0.6) is 0 Å². The van der Waals surface area contributed by atoms with Crippen molar-refractivity contribution >= 4 is 14.0 Å². The molecule has 0 unspecified atom stereocenters. The van der Waals surface area contributed by atoms with Crippen molar-refractivity contribution < 1.29 is 98.8 Å². The Morgan fingerprint density at radius 2 is 1.61 bits per heavy atom. The van der Waals surface area contributed by atoms with Gasteiger partial charge in [-0.1, -0.05) is 7.60 Å². The number of carbonyl (C=O) groups excluding carboxylic acids is 1. The standard InChI is InChI=1S/C6H14NO8P.2Na/c8-3-7(12)1-4(9)6(11)5(10)2-16(13,14)15;;/h3-6,9-12H,1-2H2,(H2,13,14,15);;/q;2*+1/p-2/t4-,5+,6-;;/m0../s1. The average molecular weight is 303 g/mol. The van der Waals surface area contributed by atoms with Crippen molar-refractivity contribution in [3.8, 4) is 0 Å². The maximum Gasteiger partial charge on any atom is 1.00 e. The van der Waals surface area contributed by atoms with Crippen molar-refractivity contribution in [1.82, 2.24) is 5.06 Å². The molecule has 0 radical (unpaired) electrons. The summed E-state index contributed by atoms with van der Waals surface area (Å²) in [7, 11) is -5.02. The van der Waals surface area contributed by atoms with E-state index in [1.807, 2.05) is 0 Å². The Bertz CT molecular complexity index is 276. The van der Waals surface area contributed by atoms with Gasteiger partial charge in [0.1, 0.15) is 12.2 Å². The van der Waals surface area contributed by atoms with Gasteiger partial charge in [0, 0.05) is 6.16 Å². The van der Waals surface area contributed by atoms with Crippen LogP contribution in [0.25, 0.3) is 0 Å². The van der Waals surface area contributed by atoms with Crippen LogP contribution in [-0.4, -0.2) is 63.0 Å². The third-order valence-corrected chi connectivity index (χ3v) is 2.52. The van der Waals surface area contributed by atoms with Gasteiger partial charge in [0.2, 0.25) is 6.41 Å². The molecule has 0 aliphatic heterocycles. The van der Waals surface area contributed by atoms with Gasteiger partial charge in [-0.3, -0.25) is 10.0 Å². The SMILES string of the molecule is O=CN(O)C[C@H](O)[C@H](O)[C@H](O)CP(=O)([O-])[O-].[Na+].[Na+]. The van der Waals surface area contributed by atoms with E-state index in [4.69, 9.17) is 20.5 Å². The molecule has 0 aromatic heterocycles. The van der Waals surface area contributed by atoms with Gasteiger partial charge in [-0.05, 0) is 0 Å². The number of hydroxylamine groups is 2. The number of amides is 1. The molecule has 0 aromatic carbocycles. The van der Waals surface area contributed by atoms with Crippen molar-refractivity contribution in [3.05, 3.63) is 0 Å². The third-order valence-electron chi connectivity index (χ3n) is 1.69. The summed E-state index contributed by atoms with van der Waals surface area (Å²) < 4.78 is 10.3. The number of hydrogen-bond donors (Lipinski definition) is 4. The summed E-state index contributed by atoms with van der Waals surface area (Å²) in [6, 6.07) is 0. The number of aliphatic hydroxyl groups excluding tert-OH is 3. The Hall–Kier alpha value is 1.46. The zero-order valence-corrected chi connectivity index (χ0v) is 14.9. The zero-order chi connectivity index (χ0) is 12.9. The van der Waals surface area contributed by atoms with Gasteiger partial charge in [-0.15, -0.1) is 0 Å². The van der Waals surface area contributed by atoms with Crippen molar-refractivity contribution in [3.63, 3.8) is 0 Å². The van der Waals surface area contributed by atoms with E-state index < -0.39 is 38.6 Å². The van der Waals surface area contributed by atoms with E-state index in [-0.39, 0.29) is 70.6 Å². The summed E-state index contributed by atoms with van der Waals surface area (Å²) in [4.78, 5) is 30.4. The van der Waals surface area contributed by atoms with Gasteiger partial charge in [-0.25, -0.2) is 5.06 Å². The Morgan fingerprint density at radius 1 is 1.17 bits per heavy atom. The Morgan fingerprint density at radius 3 is 1.94 bits per heavy atom. The molecule has 0 rings (SSSR count). The fraction of sp³-hybridized carbons (Fsp3) is 0.833. The third kappa shape index (κ3) is 11.3. The summed E-state index contributed by atoms with van der Waals surface area (Å²) in [5, 5.41) is 35.9. The van der Waals surface area contributed by atoms with E-state index >= 15 is 0 Å². The fourth-order valence-corrected chi connectivity index (χ4v) is 1.61. The maximum atomic E-state index is 10.3. The Kier molecular flexibility index (Phi) is 15.2. The minimum Gasteiger partial charge on any atom is -0.811 e. The van der Waals surface area contributed by atoms with Gasteiger partial charge in [0.15, 0.2) is 0 Å². The molecule has 9 nitrogen and oxygen atoms in total. The molecule has 0 spiro atoms. The minimum absolute atomic E-state index is 0. The molecular formula is C6H12NNa2O8P. The molecule has 0 saturated carbocycles. The van der Waals surface area contributed by atoms with Crippen LogP contribution < -0.4 is 68.9 Å². The quantitative estimate of drug-likeness (QED) is 0.118. The van der Waals surface area contributed by atoms with E-state index in [1.165, 1.54) is 0 Å². The van der Waals surface area contributed by atoms with E-state index in [2.05, 4.69) is 0 Å². The second-order valence-corrected chi connectivity index (χ2v) is 4.73. The normalized spacial score (nSPS) is 15.7. The number of rotatable bonds is 7. The first-order chi connectivity index (χ1) is 7.17. The topological polar surface area (TPSA) is 164 Å². The van der Waals surface area contributed by atoms with Gasteiger partial charge in [0.25, 0.3) is 0 Å². The smallest absolute Gasteiger partial charge is 0.811 e. The van der Waals surface area contributed by atoms with Crippen LogP contribution in [0, 0.1) is 0 Å². The van der Waals surface area contributed by atoms with Crippen LogP contribution in [0.2, 0.25) is 0 Å². The van der Waals surface area contributed by atoms with Gasteiger partial charge < -0.3 is 29.7 Å². The molecule has 3 atom stereocenters. The van der Waals surface area contributed by atoms with E-state index in [0.29, 0.717) is 0 Å². The van der Waals surface area contributed by atoms with Crippen LogP contribution in [0.15, 0.2) is 0 Å². The molecule has 96 valence electrons. The van der Waals surface area contributed by atoms with Crippen LogP contribution in [0.3, 0.4) is 0 Å². The Balaban J connectivity index is -0.00000112. The number of aliphatic hydroxyl groups is 3. The largest absolute Gasteiger partial charge is 1.00 e. The molecular weight excluding hydrogens is 291 g/mol. The van der Waals surface area contributed by atoms with Crippen LogP contribution in [-0.2, 0) is 9.36 Å². The molecule has 0 heterocycles. The molecule has 0 aliphatic rings. The number of carbonyl (C=O) groups is 1. The van der Waals surface area contributed by atoms with Gasteiger partial charge in [-0.2, -0.15) is 0 Å². The monoisotopic (exact) mass is 303 g/mol. The summed E-state index contributed by atoms with van der Waals surface area (Å²) in [6.45, 7) is -0.732. The minimum atomic E-state index is -5.02. The average Bonchev–Trinajstić information content (AvgIpc) is 2.13. The van der Waals surface area contributed by atoms with Crippen molar-refractivity contribution in [2.45, 2.75) is 18.3 Å². The summed E-state index contributed by atoms with van der Waals surface area (Å²) in [5.74, 6) is 0. The molecule has 18 heavy (non-hydrogen) atoms. The first kappa shape index (κ1) is 24.5. The van der Waals surface area contributed by atoms with E-state index in [0.717, 1.165) is 0 Å². The van der Waals surface area contributed by atoms with Crippen LogP contribution in [0.1, 0.15) is 0 Å². The Labute approximate surface area is 147 Å². The molecule has 0 saturated heterocycles. The van der Waals surface area contributed by atoms with Gasteiger partial charge >= 0.3 is 59.1 Å². The molecule has 1 amide bonds. The number of nitrogens with zero attached hydrogens (tertiary/aromatic N) is 1. The summed E-state index contributed by atoms with van der Waals surface area (Å²) in [6.07, 6.45) is -7.05. The van der Waals surface area contributed by atoms with Crippen molar-refractivity contribution in [2.75, 3.05) is 12.7 Å². The molecule has 0 fully saturated rings. The second kappa shape index (κ2) is 11.2. The summed E-state index contributed by atoms with van der Waals surface area (Å²) >= 11 is 0. The molecule has 0 aromatic rings. The summed E-state index contributed by atoms with van der Waals surface area (Å²) in [5.41, 5.74) is 0. The van der Waals surface area contributed by atoms with Gasteiger partial charge in [0.05, 0.1) is 12.6 Å². The second-order valence-electron chi connectivity index (χ2n) is 3.15. The molecule has 0 aliphatic carbocycles. The molecule has 12 heteroatoms. The zero-order valence-electron chi connectivity index (χ0n) is 10.0. The maximum absolute atomic E-state index is 10.3. The van der Waals surface area contributed by atoms with E-state index in [1.54, 1.807) is 0 Å². The van der Waals surface area contributed by atoms with Crippen LogP contribution in [0.4, 0.5) is 0 Å².